The van der Waals surface area contributed by atoms with Crippen LogP contribution in [0.1, 0.15) is 42.1 Å². The molecule has 1 aliphatic rings. The highest BCUT2D eigenvalue weighted by atomic mass is 16.5. The Bertz CT molecular complexity index is 1320. The lowest BCUT2D eigenvalue weighted by Crippen LogP contribution is -2.29. The number of aliphatic hydroxyl groups excluding tert-OH is 1. The van der Waals surface area contributed by atoms with Gasteiger partial charge in [-0.25, -0.2) is 0 Å². The Morgan fingerprint density at radius 1 is 0.972 bits per heavy atom. The van der Waals surface area contributed by atoms with Crippen molar-refractivity contribution in [2.45, 2.75) is 33.7 Å². The van der Waals surface area contributed by atoms with E-state index in [2.05, 4.69) is 13.8 Å². The number of carbonyl (C=O) groups excluding carboxylic acids is 2. The number of ether oxygens (including phenoxy) is 2. The highest BCUT2D eigenvalue weighted by Gasteiger charge is 2.47. The van der Waals surface area contributed by atoms with Crippen LogP contribution in [0.4, 0.5) is 5.69 Å². The number of hydrogen-bond acceptors (Lipinski definition) is 5. The average Bonchev–Trinajstić information content (AvgIpc) is 3.13. The van der Waals surface area contributed by atoms with E-state index in [-0.39, 0.29) is 11.3 Å². The summed E-state index contributed by atoms with van der Waals surface area (Å²) in [7, 11) is 1.54. The lowest BCUT2D eigenvalue weighted by molar-refractivity contribution is -0.132. The maximum absolute atomic E-state index is 13.4. The van der Waals surface area contributed by atoms with Gasteiger partial charge >= 0.3 is 0 Å². The summed E-state index contributed by atoms with van der Waals surface area (Å²) in [5, 5.41) is 11.4. The Balaban J connectivity index is 1.88. The number of aliphatic hydroxyl groups is 1. The number of methoxy groups -OCH3 is 1. The molecule has 1 atom stereocenters. The van der Waals surface area contributed by atoms with Crippen molar-refractivity contribution in [1.82, 2.24) is 0 Å². The van der Waals surface area contributed by atoms with E-state index in [0.717, 1.165) is 11.1 Å². The quantitative estimate of drug-likeness (QED) is 0.253. The molecule has 0 aromatic heterocycles. The van der Waals surface area contributed by atoms with Gasteiger partial charge in [-0.1, -0.05) is 49.7 Å². The molecule has 36 heavy (non-hydrogen) atoms. The zero-order valence-electron chi connectivity index (χ0n) is 21.2. The number of carbonyl (C=O) groups is 2. The molecule has 0 spiro atoms. The second-order valence-electron chi connectivity index (χ2n) is 9.43. The number of para-hydroxylation sites is 1. The van der Waals surface area contributed by atoms with Crippen molar-refractivity contribution in [2.24, 2.45) is 5.92 Å². The van der Waals surface area contributed by atoms with Crippen LogP contribution in [0.2, 0.25) is 0 Å². The number of nitrogens with zero attached hydrogens (tertiary/aromatic N) is 1. The lowest BCUT2D eigenvalue weighted by Gasteiger charge is -2.26. The SMILES string of the molecule is COc1ccccc1C1/C(=C(\O)c2ccc(OCC(C)C)c(C)c2)C(=O)C(=O)N1c1ccc(C)cc1. The van der Waals surface area contributed by atoms with Gasteiger partial charge in [-0.2, -0.15) is 0 Å². The van der Waals surface area contributed by atoms with Crippen LogP contribution in [0.15, 0.2) is 72.3 Å². The summed E-state index contributed by atoms with van der Waals surface area (Å²) >= 11 is 0. The van der Waals surface area contributed by atoms with E-state index in [1.165, 1.54) is 12.0 Å². The molecule has 3 aromatic rings. The summed E-state index contributed by atoms with van der Waals surface area (Å²) in [5.74, 6) is -0.0946. The molecule has 1 heterocycles. The van der Waals surface area contributed by atoms with Crippen molar-refractivity contribution in [2.75, 3.05) is 18.6 Å². The Morgan fingerprint density at radius 2 is 1.67 bits per heavy atom. The molecule has 6 heteroatoms. The van der Waals surface area contributed by atoms with Gasteiger partial charge in [0.05, 0.1) is 25.3 Å². The van der Waals surface area contributed by atoms with Crippen molar-refractivity contribution in [1.29, 1.82) is 0 Å². The first-order valence-corrected chi connectivity index (χ1v) is 12.0. The number of benzene rings is 3. The van der Waals surface area contributed by atoms with Crippen LogP contribution in [0.3, 0.4) is 0 Å². The average molecular weight is 486 g/mol. The van der Waals surface area contributed by atoms with E-state index in [1.807, 2.05) is 38.1 Å². The fraction of sp³-hybridized carbons (Fsp3) is 0.267. The first kappa shape index (κ1) is 25.0. The summed E-state index contributed by atoms with van der Waals surface area (Å²) < 4.78 is 11.4. The van der Waals surface area contributed by atoms with E-state index >= 15 is 0 Å². The molecule has 6 nitrogen and oxygen atoms in total. The van der Waals surface area contributed by atoms with E-state index in [4.69, 9.17) is 9.47 Å². The zero-order chi connectivity index (χ0) is 26.0. The third kappa shape index (κ3) is 4.71. The lowest BCUT2D eigenvalue weighted by atomic mass is 9.94. The summed E-state index contributed by atoms with van der Waals surface area (Å²) in [6.07, 6.45) is 0. The normalized spacial score (nSPS) is 17.1. The van der Waals surface area contributed by atoms with Crippen LogP contribution in [0.5, 0.6) is 11.5 Å². The largest absolute Gasteiger partial charge is 0.507 e. The molecule has 1 unspecified atom stereocenters. The number of ketones is 1. The number of rotatable bonds is 7. The van der Waals surface area contributed by atoms with E-state index in [1.54, 1.807) is 42.5 Å². The highest BCUT2D eigenvalue weighted by Crippen LogP contribution is 2.45. The van der Waals surface area contributed by atoms with Gasteiger partial charge in [0.15, 0.2) is 0 Å². The number of aryl methyl sites for hydroxylation is 2. The predicted molar refractivity (Wildman–Crippen MR) is 140 cm³/mol. The van der Waals surface area contributed by atoms with E-state index in [9.17, 15) is 14.7 Å². The number of Topliss-reactive ketones (excluding diaryl/α,β-unsaturated/α-hetero) is 1. The maximum atomic E-state index is 13.4. The Morgan fingerprint density at radius 3 is 2.31 bits per heavy atom. The van der Waals surface area contributed by atoms with Gasteiger partial charge in [0.25, 0.3) is 11.7 Å². The van der Waals surface area contributed by atoms with Crippen molar-refractivity contribution in [3.8, 4) is 11.5 Å². The highest BCUT2D eigenvalue weighted by molar-refractivity contribution is 6.51. The third-order valence-corrected chi connectivity index (χ3v) is 6.21. The molecule has 186 valence electrons. The third-order valence-electron chi connectivity index (χ3n) is 6.21. The number of hydrogen-bond donors (Lipinski definition) is 1. The van der Waals surface area contributed by atoms with Crippen molar-refractivity contribution < 1.29 is 24.2 Å². The second-order valence-corrected chi connectivity index (χ2v) is 9.43. The molecule has 1 saturated heterocycles. The summed E-state index contributed by atoms with van der Waals surface area (Å²) in [6.45, 7) is 8.55. The summed E-state index contributed by atoms with van der Waals surface area (Å²) in [5.41, 5.74) is 3.47. The van der Waals surface area contributed by atoms with Gasteiger partial charge in [0, 0.05) is 16.8 Å². The van der Waals surface area contributed by atoms with Crippen LogP contribution < -0.4 is 14.4 Å². The fourth-order valence-electron chi connectivity index (χ4n) is 4.36. The van der Waals surface area contributed by atoms with Gasteiger partial charge in [-0.3, -0.25) is 14.5 Å². The minimum absolute atomic E-state index is 0.0142. The Kier molecular flexibility index (Phi) is 7.15. The first-order chi connectivity index (χ1) is 17.2. The molecule has 0 bridgehead atoms. The van der Waals surface area contributed by atoms with Crippen LogP contribution >= 0.6 is 0 Å². The molecular formula is C30H31NO5. The molecule has 1 N–H and O–H groups in total. The molecular weight excluding hydrogens is 454 g/mol. The van der Waals surface area contributed by atoms with Gasteiger partial charge < -0.3 is 14.6 Å². The van der Waals surface area contributed by atoms with Gasteiger partial charge in [-0.05, 0) is 61.7 Å². The van der Waals surface area contributed by atoms with Crippen LogP contribution in [0, 0.1) is 19.8 Å². The standard InChI is InChI=1S/C30H31NO5/c1-18(2)17-36-24-15-12-21(16-20(24)4)28(32)26-27(23-8-6-7-9-25(23)35-5)31(30(34)29(26)33)22-13-10-19(3)11-14-22/h6-16,18,27,32H,17H2,1-5H3/b28-26+. The molecule has 3 aromatic carbocycles. The van der Waals surface area contributed by atoms with Gasteiger partial charge in [0.1, 0.15) is 17.3 Å². The molecule has 0 radical (unpaired) electrons. The zero-order valence-corrected chi connectivity index (χ0v) is 21.2. The molecule has 1 fully saturated rings. The minimum Gasteiger partial charge on any atom is -0.507 e. The van der Waals surface area contributed by atoms with Gasteiger partial charge in [-0.15, -0.1) is 0 Å². The topological polar surface area (TPSA) is 76.1 Å². The monoisotopic (exact) mass is 485 g/mol. The summed E-state index contributed by atoms with van der Waals surface area (Å²) in [6, 6.07) is 19.0. The van der Waals surface area contributed by atoms with E-state index in [0.29, 0.717) is 40.8 Å². The molecule has 4 rings (SSSR count). The van der Waals surface area contributed by atoms with Crippen LogP contribution in [0.25, 0.3) is 5.76 Å². The Hall–Kier alpha value is -4.06. The van der Waals surface area contributed by atoms with Crippen molar-refractivity contribution in [3.05, 3.63) is 94.6 Å². The van der Waals surface area contributed by atoms with Gasteiger partial charge in [0.2, 0.25) is 0 Å². The molecule has 1 aliphatic heterocycles. The Labute approximate surface area is 211 Å². The smallest absolute Gasteiger partial charge is 0.300 e. The van der Waals surface area contributed by atoms with E-state index < -0.39 is 17.7 Å². The summed E-state index contributed by atoms with van der Waals surface area (Å²) in [4.78, 5) is 28.2. The van der Waals surface area contributed by atoms with Crippen molar-refractivity contribution >= 4 is 23.1 Å². The molecule has 0 aliphatic carbocycles. The first-order valence-electron chi connectivity index (χ1n) is 12.0. The predicted octanol–water partition coefficient (Wildman–Crippen LogP) is 5.97. The maximum Gasteiger partial charge on any atom is 0.300 e. The van der Waals surface area contributed by atoms with Crippen molar-refractivity contribution in [3.63, 3.8) is 0 Å². The van der Waals surface area contributed by atoms with Crippen LogP contribution in [-0.2, 0) is 9.59 Å². The molecule has 0 saturated carbocycles. The fourth-order valence-corrected chi connectivity index (χ4v) is 4.36. The number of amides is 1. The minimum atomic E-state index is -0.860. The van der Waals surface area contributed by atoms with Crippen LogP contribution in [-0.4, -0.2) is 30.5 Å². The number of anilines is 1. The molecule has 1 amide bonds. The second kappa shape index (κ2) is 10.3.